The number of hydrogen-bond donors (Lipinski definition) is 2. The molecular weight excluding hydrogens is 242 g/mol. The van der Waals surface area contributed by atoms with Gasteiger partial charge in [-0.05, 0) is 12.8 Å². The molecule has 0 aliphatic rings. The molecule has 0 spiro atoms. The van der Waals surface area contributed by atoms with Gasteiger partial charge in [-0.2, -0.15) is 0 Å². The second-order valence-corrected chi connectivity index (χ2v) is 5.08. The molecule has 1 heterocycles. The van der Waals surface area contributed by atoms with Crippen LogP contribution in [0.5, 0.6) is 0 Å². The lowest BCUT2D eigenvalue weighted by atomic mass is 10.2. The molecule has 1 aromatic rings. The predicted molar refractivity (Wildman–Crippen MR) is 76.6 cm³/mol. The summed E-state index contributed by atoms with van der Waals surface area (Å²) < 4.78 is 5.15. The second-order valence-electron chi connectivity index (χ2n) is 5.08. The summed E-state index contributed by atoms with van der Waals surface area (Å²) in [6.07, 6.45) is 0. The van der Waals surface area contributed by atoms with Crippen LogP contribution in [0, 0.1) is 12.8 Å². The third-order valence-corrected chi connectivity index (χ3v) is 2.65. The highest BCUT2D eigenvalue weighted by Gasteiger charge is 2.11. The Morgan fingerprint density at radius 3 is 2.74 bits per heavy atom. The molecule has 0 aliphatic heterocycles. The average molecular weight is 267 g/mol. The molecule has 0 saturated carbocycles. The molecule has 1 rings (SSSR count). The minimum absolute atomic E-state index is 0.591. The Morgan fingerprint density at radius 1 is 1.42 bits per heavy atom. The molecular formula is C13H25N5O. The minimum Gasteiger partial charge on any atom is -0.383 e. The van der Waals surface area contributed by atoms with Gasteiger partial charge < -0.3 is 10.2 Å². The minimum atomic E-state index is 0.591. The Hall–Kier alpha value is -1.24. The lowest BCUT2D eigenvalue weighted by Gasteiger charge is -2.23. The fourth-order valence-corrected chi connectivity index (χ4v) is 1.95. The van der Waals surface area contributed by atoms with Gasteiger partial charge in [-0.1, -0.05) is 13.8 Å². The topological polar surface area (TPSA) is 76.3 Å². The first-order chi connectivity index (χ1) is 9.05. The molecule has 0 fully saturated rings. The molecule has 0 radical (unpaired) electrons. The highest BCUT2D eigenvalue weighted by Crippen LogP contribution is 2.08. The van der Waals surface area contributed by atoms with E-state index in [2.05, 4.69) is 34.1 Å². The summed E-state index contributed by atoms with van der Waals surface area (Å²) in [6, 6.07) is 1.82. The number of aromatic nitrogens is 2. The van der Waals surface area contributed by atoms with Crippen LogP contribution in [0.2, 0.25) is 0 Å². The number of nitrogens with zero attached hydrogens (tertiary/aromatic N) is 3. The third kappa shape index (κ3) is 5.96. The summed E-state index contributed by atoms with van der Waals surface area (Å²) in [5.74, 6) is 7.43. The number of nitrogen functional groups attached to an aromatic ring is 1. The molecule has 19 heavy (non-hydrogen) atoms. The van der Waals surface area contributed by atoms with Crippen molar-refractivity contribution in [3.05, 3.63) is 17.6 Å². The summed E-state index contributed by atoms with van der Waals surface area (Å²) in [4.78, 5) is 11.1. The Bertz CT molecular complexity index is 383. The third-order valence-electron chi connectivity index (χ3n) is 2.65. The highest BCUT2D eigenvalue weighted by molar-refractivity contribution is 5.33. The van der Waals surface area contributed by atoms with Gasteiger partial charge in [0.15, 0.2) is 0 Å². The van der Waals surface area contributed by atoms with E-state index >= 15 is 0 Å². The summed E-state index contributed by atoms with van der Waals surface area (Å²) in [5, 5.41) is 0. The highest BCUT2D eigenvalue weighted by atomic mass is 16.5. The quantitative estimate of drug-likeness (QED) is 0.544. The van der Waals surface area contributed by atoms with E-state index < -0.39 is 0 Å². The Labute approximate surface area is 115 Å². The lowest BCUT2D eigenvalue weighted by Crippen LogP contribution is -2.31. The van der Waals surface area contributed by atoms with Gasteiger partial charge in [0.1, 0.15) is 11.6 Å². The smallest absolute Gasteiger partial charge is 0.145 e. The molecule has 0 amide bonds. The summed E-state index contributed by atoms with van der Waals surface area (Å²) in [5.41, 5.74) is 3.48. The molecule has 6 heteroatoms. The van der Waals surface area contributed by atoms with Gasteiger partial charge in [0.25, 0.3) is 0 Å². The first kappa shape index (κ1) is 15.8. The number of nitrogens with two attached hydrogens (primary N) is 1. The zero-order chi connectivity index (χ0) is 14.3. The van der Waals surface area contributed by atoms with Gasteiger partial charge >= 0.3 is 0 Å². The van der Waals surface area contributed by atoms with Crippen LogP contribution in [0.3, 0.4) is 0 Å². The SMILES string of the molecule is COCCN(Cc1nc(C)cc(NN)n1)CC(C)C. The van der Waals surface area contributed by atoms with Crippen LogP contribution < -0.4 is 11.3 Å². The van der Waals surface area contributed by atoms with E-state index in [1.165, 1.54) is 0 Å². The zero-order valence-electron chi connectivity index (χ0n) is 12.3. The van der Waals surface area contributed by atoms with E-state index in [4.69, 9.17) is 10.6 Å². The van der Waals surface area contributed by atoms with Crippen molar-refractivity contribution in [1.29, 1.82) is 0 Å². The standard InChI is InChI=1S/C13H25N5O/c1-10(2)8-18(5-6-19-4)9-13-15-11(3)7-12(16-13)17-14/h7,10H,5-6,8-9,14H2,1-4H3,(H,15,16,17). The van der Waals surface area contributed by atoms with E-state index in [0.717, 1.165) is 24.6 Å². The molecule has 0 atom stereocenters. The number of methoxy groups -OCH3 is 1. The van der Waals surface area contributed by atoms with Gasteiger partial charge in [0, 0.05) is 32.0 Å². The molecule has 0 saturated heterocycles. The van der Waals surface area contributed by atoms with Gasteiger partial charge in [0.2, 0.25) is 0 Å². The number of ether oxygens (including phenoxy) is 1. The fourth-order valence-electron chi connectivity index (χ4n) is 1.95. The van der Waals surface area contributed by atoms with Crippen molar-refractivity contribution in [2.24, 2.45) is 11.8 Å². The monoisotopic (exact) mass is 267 g/mol. The number of anilines is 1. The van der Waals surface area contributed by atoms with Crippen molar-refractivity contribution in [2.45, 2.75) is 27.3 Å². The van der Waals surface area contributed by atoms with E-state index in [-0.39, 0.29) is 0 Å². The molecule has 0 unspecified atom stereocenters. The molecule has 0 aliphatic carbocycles. The van der Waals surface area contributed by atoms with Crippen LogP contribution in [0.25, 0.3) is 0 Å². The maximum atomic E-state index is 5.41. The van der Waals surface area contributed by atoms with E-state index in [9.17, 15) is 0 Å². The van der Waals surface area contributed by atoms with Gasteiger partial charge in [-0.3, -0.25) is 4.90 Å². The lowest BCUT2D eigenvalue weighted by molar-refractivity contribution is 0.134. The normalized spacial score (nSPS) is 11.3. The summed E-state index contributed by atoms with van der Waals surface area (Å²) >= 11 is 0. The van der Waals surface area contributed by atoms with Crippen LogP contribution in [-0.4, -0.2) is 41.7 Å². The first-order valence-corrected chi connectivity index (χ1v) is 6.57. The average Bonchev–Trinajstić information content (AvgIpc) is 2.34. The molecule has 1 aromatic heterocycles. The van der Waals surface area contributed by atoms with Crippen LogP contribution in [0.1, 0.15) is 25.4 Å². The number of nitrogens with one attached hydrogen (secondary N) is 1. The maximum Gasteiger partial charge on any atom is 0.145 e. The summed E-state index contributed by atoms with van der Waals surface area (Å²) in [7, 11) is 1.72. The predicted octanol–water partition coefficient (Wildman–Crippen LogP) is 1.18. The molecule has 0 bridgehead atoms. The van der Waals surface area contributed by atoms with Crippen LogP contribution in [0.15, 0.2) is 6.07 Å². The molecule has 6 nitrogen and oxygen atoms in total. The van der Waals surface area contributed by atoms with Crippen LogP contribution in [0.4, 0.5) is 5.82 Å². The van der Waals surface area contributed by atoms with Crippen LogP contribution in [-0.2, 0) is 11.3 Å². The van der Waals surface area contributed by atoms with E-state index in [0.29, 0.717) is 24.9 Å². The van der Waals surface area contributed by atoms with Crippen molar-refractivity contribution in [3.8, 4) is 0 Å². The van der Waals surface area contributed by atoms with Crippen molar-refractivity contribution >= 4 is 5.82 Å². The number of rotatable bonds is 8. The Morgan fingerprint density at radius 2 is 2.16 bits per heavy atom. The molecule has 3 N–H and O–H groups in total. The maximum absolute atomic E-state index is 5.41. The van der Waals surface area contributed by atoms with Crippen molar-refractivity contribution in [1.82, 2.24) is 14.9 Å². The van der Waals surface area contributed by atoms with Crippen LogP contribution >= 0.6 is 0 Å². The van der Waals surface area contributed by atoms with Gasteiger partial charge in [-0.15, -0.1) is 0 Å². The summed E-state index contributed by atoms with van der Waals surface area (Å²) in [6.45, 7) is 9.61. The molecule has 108 valence electrons. The second kappa shape index (κ2) is 8.04. The first-order valence-electron chi connectivity index (χ1n) is 6.57. The van der Waals surface area contributed by atoms with E-state index in [1.54, 1.807) is 7.11 Å². The Kier molecular flexibility index (Phi) is 6.69. The molecule has 0 aromatic carbocycles. The Balaban J connectivity index is 2.73. The van der Waals surface area contributed by atoms with Gasteiger partial charge in [-0.25, -0.2) is 15.8 Å². The number of hydrazine groups is 1. The largest absolute Gasteiger partial charge is 0.383 e. The van der Waals surface area contributed by atoms with Gasteiger partial charge in [0.05, 0.1) is 13.2 Å². The van der Waals surface area contributed by atoms with Crippen molar-refractivity contribution in [3.63, 3.8) is 0 Å². The fraction of sp³-hybridized carbons (Fsp3) is 0.692. The number of aryl methyl sites for hydroxylation is 1. The van der Waals surface area contributed by atoms with E-state index in [1.807, 2.05) is 13.0 Å². The zero-order valence-corrected chi connectivity index (χ0v) is 12.3. The van der Waals surface area contributed by atoms with Crippen molar-refractivity contribution < 1.29 is 4.74 Å². The van der Waals surface area contributed by atoms with Crippen molar-refractivity contribution in [2.75, 3.05) is 32.2 Å². The number of hydrogen-bond acceptors (Lipinski definition) is 6.